The van der Waals surface area contributed by atoms with Crippen LogP contribution in [0.3, 0.4) is 0 Å². The second-order valence-corrected chi connectivity index (χ2v) is 8.49. The molecule has 0 fully saturated rings. The Kier molecular flexibility index (Phi) is 9.46. The van der Waals surface area contributed by atoms with Crippen molar-refractivity contribution in [3.8, 4) is 17.2 Å². The number of rotatable bonds is 9. The molecule has 0 bridgehead atoms. The minimum atomic E-state index is -0.129. The van der Waals surface area contributed by atoms with Gasteiger partial charge in [0.15, 0.2) is 5.17 Å². The number of ether oxygens (including phenoxy) is 3. The van der Waals surface area contributed by atoms with Gasteiger partial charge in [0.2, 0.25) is 5.91 Å². The van der Waals surface area contributed by atoms with E-state index in [9.17, 15) is 4.79 Å². The number of hydrogen-bond acceptors (Lipinski definition) is 7. The predicted octanol–water partition coefficient (Wildman–Crippen LogP) is 4.37. The number of benzene rings is 2. The monoisotopic (exact) mass is 457 g/mol. The first-order valence-electron chi connectivity index (χ1n) is 10.1. The second kappa shape index (κ2) is 12.0. The lowest BCUT2D eigenvalue weighted by atomic mass is 10.1. The maximum Gasteiger partial charge on any atom is 0.233 e. The van der Waals surface area contributed by atoms with Crippen LogP contribution in [0.4, 0.5) is 0 Å². The molecule has 0 aliphatic rings. The number of carbonyl (C=O) groups excluding carboxylic acids is 1. The number of amidine groups is 1. The van der Waals surface area contributed by atoms with Gasteiger partial charge in [-0.25, -0.2) is 0 Å². The van der Waals surface area contributed by atoms with Crippen LogP contribution in [0, 0.1) is 5.92 Å². The largest absolute Gasteiger partial charge is 0.497 e. The normalized spacial score (nSPS) is 11.2. The van der Waals surface area contributed by atoms with Crippen LogP contribution in [-0.2, 0) is 11.2 Å². The van der Waals surface area contributed by atoms with E-state index in [-0.39, 0.29) is 18.2 Å². The minimum Gasteiger partial charge on any atom is -0.497 e. The van der Waals surface area contributed by atoms with E-state index in [4.69, 9.17) is 20.1 Å². The highest BCUT2D eigenvalue weighted by Crippen LogP contribution is 2.34. The molecule has 0 atom stereocenters. The van der Waals surface area contributed by atoms with E-state index in [1.807, 2.05) is 50.2 Å². The van der Waals surface area contributed by atoms with E-state index >= 15 is 0 Å². The van der Waals surface area contributed by atoms with Crippen LogP contribution in [0.5, 0.6) is 17.2 Å². The van der Waals surface area contributed by atoms with Crippen LogP contribution >= 0.6 is 11.8 Å². The number of amides is 1. The number of methoxy groups -OCH3 is 3. The summed E-state index contributed by atoms with van der Waals surface area (Å²) < 4.78 is 16.1. The van der Waals surface area contributed by atoms with Crippen molar-refractivity contribution in [2.75, 3.05) is 27.9 Å². The number of carbonyl (C=O) groups is 1. The highest BCUT2D eigenvalue weighted by molar-refractivity contribution is 8.21. The maximum atomic E-state index is 13.3. The maximum absolute atomic E-state index is 13.3. The second-order valence-electron chi connectivity index (χ2n) is 7.43. The summed E-state index contributed by atoms with van der Waals surface area (Å²) in [4.78, 5) is 15.5. The topological polar surface area (TPSA) is 86.4 Å². The van der Waals surface area contributed by atoms with Gasteiger partial charge >= 0.3 is 0 Å². The summed E-state index contributed by atoms with van der Waals surface area (Å²) in [5, 5.41) is 4.29. The Morgan fingerprint density at radius 1 is 1.09 bits per heavy atom. The molecule has 172 valence electrons. The van der Waals surface area contributed by atoms with Gasteiger partial charge in [0.1, 0.15) is 17.2 Å². The molecule has 8 heteroatoms. The number of thioether (sulfide) groups is 1. The molecule has 0 aliphatic carbocycles. The zero-order valence-corrected chi connectivity index (χ0v) is 20.1. The first-order chi connectivity index (χ1) is 15.3. The molecule has 0 heterocycles. The fraction of sp³-hybridized carbons (Fsp3) is 0.333. The Labute approximate surface area is 194 Å². The Balaban J connectivity index is 2.28. The van der Waals surface area contributed by atoms with Crippen molar-refractivity contribution < 1.29 is 19.0 Å². The Bertz CT molecular complexity index is 953. The van der Waals surface area contributed by atoms with E-state index in [1.54, 1.807) is 32.3 Å². The average molecular weight is 458 g/mol. The van der Waals surface area contributed by atoms with E-state index in [2.05, 4.69) is 11.7 Å². The standard InChI is InChI=1S/C24H31N3O4S/c1-16(2)15-27(23(28)13-18-9-7-8-10-22(18)31-6)24(26-25)32-17(3)19-11-20(29-4)14-21(12-19)30-5/h7-12,14,16H,3,13,15,25H2,1-2,4-6H3/b26-24-. The Hall–Kier alpha value is -3.13. The van der Waals surface area contributed by atoms with E-state index in [0.717, 1.165) is 11.1 Å². The van der Waals surface area contributed by atoms with E-state index in [0.29, 0.717) is 33.9 Å². The highest BCUT2D eigenvalue weighted by atomic mass is 32.2. The third-order valence-electron chi connectivity index (χ3n) is 4.61. The molecule has 0 spiro atoms. The summed E-state index contributed by atoms with van der Waals surface area (Å²) in [5.74, 6) is 7.75. The molecule has 2 aromatic rings. The van der Waals surface area contributed by atoms with Gasteiger partial charge < -0.3 is 20.1 Å². The molecule has 2 N–H and O–H groups in total. The van der Waals surface area contributed by atoms with Crippen LogP contribution in [0.25, 0.3) is 4.91 Å². The van der Waals surface area contributed by atoms with Gasteiger partial charge in [0, 0.05) is 23.1 Å². The summed E-state index contributed by atoms with van der Waals surface area (Å²) >= 11 is 1.23. The molecule has 7 nitrogen and oxygen atoms in total. The predicted molar refractivity (Wildman–Crippen MR) is 131 cm³/mol. The van der Waals surface area contributed by atoms with Crippen molar-refractivity contribution in [1.82, 2.24) is 4.90 Å². The van der Waals surface area contributed by atoms with Crippen molar-refractivity contribution >= 4 is 27.7 Å². The molecule has 0 radical (unpaired) electrons. The van der Waals surface area contributed by atoms with Crippen molar-refractivity contribution in [1.29, 1.82) is 0 Å². The van der Waals surface area contributed by atoms with Crippen LogP contribution < -0.4 is 20.1 Å². The van der Waals surface area contributed by atoms with Gasteiger partial charge in [-0.1, -0.05) is 38.6 Å². The summed E-state index contributed by atoms with van der Waals surface area (Å²) in [6.45, 7) is 8.68. The van der Waals surface area contributed by atoms with Crippen LogP contribution in [0.2, 0.25) is 0 Å². The van der Waals surface area contributed by atoms with Crippen molar-refractivity contribution in [3.05, 3.63) is 60.2 Å². The number of nitrogens with two attached hydrogens (primary N) is 1. The van der Waals surface area contributed by atoms with Crippen molar-refractivity contribution in [3.63, 3.8) is 0 Å². The molecule has 32 heavy (non-hydrogen) atoms. The van der Waals surface area contributed by atoms with Gasteiger partial charge in [-0.3, -0.25) is 9.69 Å². The van der Waals surface area contributed by atoms with Crippen LogP contribution in [0.1, 0.15) is 25.0 Å². The smallest absolute Gasteiger partial charge is 0.233 e. The first kappa shape index (κ1) is 25.1. The number of para-hydroxylation sites is 1. The molecule has 0 unspecified atom stereocenters. The van der Waals surface area contributed by atoms with E-state index < -0.39 is 0 Å². The zero-order valence-electron chi connectivity index (χ0n) is 19.3. The van der Waals surface area contributed by atoms with Gasteiger partial charge in [0.25, 0.3) is 0 Å². The van der Waals surface area contributed by atoms with Crippen LogP contribution in [-0.4, -0.2) is 43.8 Å². The summed E-state index contributed by atoms with van der Waals surface area (Å²) in [7, 11) is 4.76. The summed E-state index contributed by atoms with van der Waals surface area (Å²) in [6, 6.07) is 12.9. The minimum absolute atomic E-state index is 0.129. The Morgan fingerprint density at radius 2 is 1.72 bits per heavy atom. The Morgan fingerprint density at radius 3 is 2.25 bits per heavy atom. The van der Waals surface area contributed by atoms with Gasteiger partial charge in [-0.15, -0.1) is 0 Å². The SMILES string of the molecule is C=C(S/C(=N\N)N(CC(C)C)C(=O)Cc1ccccc1OC)c1cc(OC)cc(OC)c1. The molecular weight excluding hydrogens is 426 g/mol. The molecule has 0 saturated heterocycles. The molecule has 1 amide bonds. The molecule has 0 aromatic heterocycles. The number of hydrazone groups is 1. The molecule has 2 aromatic carbocycles. The third kappa shape index (κ3) is 6.68. The third-order valence-corrected chi connectivity index (χ3v) is 5.60. The molecule has 2 rings (SSSR count). The van der Waals surface area contributed by atoms with Gasteiger partial charge in [0.05, 0.1) is 27.8 Å². The van der Waals surface area contributed by atoms with Gasteiger partial charge in [-0.2, -0.15) is 5.10 Å². The molecular formula is C24H31N3O4S. The first-order valence-corrected chi connectivity index (χ1v) is 10.9. The molecule has 0 aliphatic heterocycles. The fourth-order valence-corrected chi connectivity index (χ4v) is 3.84. The highest BCUT2D eigenvalue weighted by Gasteiger charge is 2.24. The average Bonchev–Trinajstić information content (AvgIpc) is 2.80. The number of nitrogens with zero attached hydrogens (tertiary/aromatic N) is 2. The fourth-order valence-electron chi connectivity index (χ4n) is 3.05. The molecule has 0 saturated carbocycles. The lowest BCUT2D eigenvalue weighted by Gasteiger charge is -2.26. The quantitative estimate of drug-likeness (QED) is 0.260. The zero-order chi connectivity index (χ0) is 23.7. The lowest BCUT2D eigenvalue weighted by Crippen LogP contribution is -2.39. The van der Waals surface area contributed by atoms with Crippen molar-refractivity contribution in [2.24, 2.45) is 16.9 Å². The van der Waals surface area contributed by atoms with Crippen LogP contribution in [0.15, 0.2) is 54.1 Å². The van der Waals surface area contributed by atoms with E-state index in [1.165, 1.54) is 11.8 Å². The number of hydrogen-bond donors (Lipinski definition) is 1. The summed E-state index contributed by atoms with van der Waals surface area (Å²) in [6.07, 6.45) is 0.162. The van der Waals surface area contributed by atoms with Crippen molar-refractivity contribution in [2.45, 2.75) is 20.3 Å². The lowest BCUT2D eigenvalue weighted by molar-refractivity contribution is -0.126. The van der Waals surface area contributed by atoms with Gasteiger partial charge in [-0.05, 0) is 41.4 Å². The summed E-state index contributed by atoms with van der Waals surface area (Å²) in [5.41, 5.74) is 1.58.